The molecule has 0 bridgehead atoms. The summed E-state index contributed by atoms with van der Waals surface area (Å²) in [6.07, 6.45) is 6.41. The fourth-order valence-electron chi connectivity index (χ4n) is 3.36. The highest BCUT2D eigenvalue weighted by Gasteiger charge is 2.26. The van der Waals surface area contributed by atoms with E-state index in [1.165, 1.54) is 32.1 Å². The van der Waals surface area contributed by atoms with Gasteiger partial charge >= 0.3 is 0 Å². The molecule has 1 fully saturated rings. The van der Waals surface area contributed by atoms with Crippen molar-refractivity contribution in [2.24, 2.45) is 11.7 Å². The minimum Gasteiger partial charge on any atom is -0.497 e. The predicted octanol–water partition coefficient (Wildman–Crippen LogP) is 2.01. The van der Waals surface area contributed by atoms with E-state index in [9.17, 15) is 9.90 Å². The number of aliphatic hydroxyl groups excluding tert-OH is 1. The Bertz CT molecular complexity index is 498. The highest BCUT2D eigenvalue weighted by atomic mass is 16.5. The van der Waals surface area contributed by atoms with Crippen LogP contribution in [0.1, 0.15) is 44.1 Å². The van der Waals surface area contributed by atoms with Crippen LogP contribution in [-0.2, 0) is 11.2 Å². The molecule has 0 aliphatic heterocycles. The smallest absolute Gasteiger partial charge is 0.250 e. The van der Waals surface area contributed by atoms with Gasteiger partial charge in [0.05, 0.1) is 7.11 Å². The molecule has 24 heavy (non-hydrogen) atoms. The van der Waals surface area contributed by atoms with Crippen molar-refractivity contribution in [2.75, 3.05) is 13.7 Å². The van der Waals surface area contributed by atoms with Crippen LogP contribution in [-0.4, -0.2) is 36.8 Å². The number of ether oxygens (including phenoxy) is 1. The standard InChI is InChI=1S/C19H30N2O3/c1-24-16-9-7-14(8-10-16)11-12-21-19(23)18(22)17(20)13-15-5-3-2-4-6-15/h7-10,15,17-18,22H,2-6,11-13,20H2,1H3,(H,21,23). The number of hydrogen-bond acceptors (Lipinski definition) is 4. The lowest BCUT2D eigenvalue weighted by atomic mass is 9.84. The first-order chi connectivity index (χ1) is 11.6. The summed E-state index contributed by atoms with van der Waals surface area (Å²) in [6, 6.07) is 7.25. The third-order valence-corrected chi connectivity index (χ3v) is 4.88. The van der Waals surface area contributed by atoms with Crippen molar-refractivity contribution >= 4 is 5.91 Å². The number of amides is 1. The second-order valence-corrected chi connectivity index (χ2v) is 6.74. The number of aliphatic hydroxyl groups is 1. The van der Waals surface area contributed by atoms with Gasteiger partial charge in [0.25, 0.3) is 0 Å². The lowest BCUT2D eigenvalue weighted by molar-refractivity contribution is -0.130. The molecule has 134 valence electrons. The Hall–Kier alpha value is -1.59. The average Bonchev–Trinajstić information content (AvgIpc) is 2.62. The van der Waals surface area contributed by atoms with Crippen LogP contribution in [0.5, 0.6) is 5.75 Å². The molecule has 2 atom stereocenters. The third-order valence-electron chi connectivity index (χ3n) is 4.88. The molecule has 1 aliphatic carbocycles. The minimum atomic E-state index is -1.12. The highest BCUT2D eigenvalue weighted by Crippen LogP contribution is 2.27. The maximum absolute atomic E-state index is 12.1. The maximum atomic E-state index is 12.1. The summed E-state index contributed by atoms with van der Waals surface area (Å²) in [5, 5.41) is 12.9. The van der Waals surface area contributed by atoms with Crippen molar-refractivity contribution in [1.29, 1.82) is 0 Å². The van der Waals surface area contributed by atoms with Gasteiger partial charge in [0.1, 0.15) is 11.9 Å². The first-order valence-corrected chi connectivity index (χ1v) is 8.94. The monoisotopic (exact) mass is 334 g/mol. The van der Waals surface area contributed by atoms with Crippen molar-refractivity contribution in [2.45, 2.75) is 57.1 Å². The van der Waals surface area contributed by atoms with Gasteiger partial charge in [-0.1, -0.05) is 44.2 Å². The first kappa shape index (κ1) is 18.7. The summed E-state index contributed by atoms with van der Waals surface area (Å²) in [5.41, 5.74) is 7.15. The Morgan fingerprint density at radius 1 is 1.29 bits per heavy atom. The first-order valence-electron chi connectivity index (χ1n) is 8.94. The molecule has 0 aromatic heterocycles. The summed E-state index contributed by atoms with van der Waals surface area (Å²) in [6.45, 7) is 0.484. The van der Waals surface area contributed by atoms with Crippen LogP contribution < -0.4 is 15.8 Å². The van der Waals surface area contributed by atoms with Crippen molar-refractivity contribution in [3.05, 3.63) is 29.8 Å². The lowest BCUT2D eigenvalue weighted by Crippen LogP contribution is -2.47. The number of carbonyl (C=O) groups is 1. The van der Waals surface area contributed by atoms with Gasteiger partial charge in [-0.15, -0.1) is 0 Å². The molecule has 1 saturated carbocycles. The Kier molecular flexibility index (Phi) is 7.53. The van der Waals surface area contributed by atoms with E-state index in [4.69, 9.17) is 10.5 Å². The normalized spacial score (nSPS) is 18.0. The van der Waals surface area contributed by atoms with Gasteiger partial charge in [-0.25, -0.2) is 0 Å². The zero-order valence-corrected chi connectivity index (χ0v) is 14.5. The van der Waals surface area contributed by atoms with Crippen LogP contribution in [0, 0.1) is 5.92 Å². The van der Waals surface area contributed by atoms with Gasteiger partial charge in [-0.05, 0) is 36.5 Å². The molecule has 5 heteroatoms. The van der Waals surface area contributed by atoms with Crippen molar-refractivity contribution in [1.82, 2.24) is 5.32 Å². The second kappa shape index (κ2) is 9.64. The van der Waals surface area contributed by atoms with Crippen LogP contribution in [0.2, 0.25) is 0 Å². The second-order valence-electron chi connectivity index (χ2n) is 6.74. The third kappa shape index (κ3) is 5.80. The molecule has 1 aromatic carbocycles. The number of nitrogens with two attached hydrogens (primary N) is 1. The molecule has 0 radical (unpaired) electrons. The van der Waals surface area contributed by atoms with E-state index in [0.29, 0.717) is 18.9 Å². The highest BCUT2D eigenvalue weighted by molar-refractivity contribution is 5.81. The van der Waals surface area contributed by atoms with Gasteiger partial charge in [0.2, 0.25) is 5.91 Å². The average molecular weight is 334 g/mol. The van der Waals surface area contributed by atoms with E-state index in [0.717, 1.165) is 17.7 Å². The minimum absolute atomic E-state index is 0.369. The van der Waals surface area contributed by atoms with E-state index in [2.05, 4.69) is 5.32 Å². The zero-order valence-electron chi connectivity index (χ0n) is 14.5. The molecular formula is C19H30N2O3. The van der Waals surface area contributed by atoms with Crippen molar-refractivity contribution in [3.8, 4) is 5.75 Å². The number of methoxy groups -OCH3 is 1. The zero-order chi connectivity index (χ0) is 17.4. The van der Waals surface area contributed by atoms with Gasteiger partial charge in [0, 0.05) is 12.6 Å². The van der Waals surface area contributed by atoms with Gasteiger partial charge < -0.3 is 20.9 Å². The van der Waals surface area contributed by atoms with E-state index >= 15 is 0 Å². The summed E-state index contributed by atoms with van der Waals surface area (Å²) in [4.78, 5) is 12.1. The molecule has 1 aromatic rings. The number of benzene rings is 1. The summed E-state index contributed by atoms with van der Waals surface area (Å²) in [5.74, 6) is 0.995. The van der Waals surface area contributed by atoms with Crippen LogP contribution >= 0.6 is 0 Å². The van der Waals surface area contributed by atoms with E-state index < -0.39 is 12.1 Å². The number of rotatable bonds is 8. The van der Waals surface area contributed by atoms with Crippen LogP contribution in [0.3, 0.4) is 0 Å². The molecular weight excluding hydrogens is 304 g/mol. The predicted molar refractivity (Wildman–Crippen MR) is 94.9 cm³/mol. The fraction of sp³-hybridized carbons (Fsp3) is 0.632. The molecule has 0 heterocycles. The number of carbonyl (C=O) groups excluding carboxylic acids is 1. The molecule has 2 rings (SSSR count). The Labute approximate surface area is 144 Å². The van der Waals surface area contributed by atoms with Gasteiger partial charge in [0.15, 0.2) is 0 Å². The van der Waals surface area contributed by atoms with Crippen LogP contribution in [0.4, 0.5) is 0 Å². The van der Waals surface area contributed by atoms with Crippen LogP contribution in [0.15, 0.2) is 24.3 Å². The summed E-state index contributed by atoms with van der Waals surface area (Å²) < 4.78 is 5.12. The van der Waals surface area contributed by atoms with E-state index in [-0.39, 0.29) is 5.91 Å². The quantitative estimate of drug-likeness (QED) is 0.679. The molecule has 1 amide bonds. The SMILES string of the molecule is COc1ccc(CCNC(=O)C(O)C(N)CC2CCCCC2)cc1. The maximum Gasteiger partial charge on any atom is 0.250 e. The van der Waals surface area contributed by atoms with E-state index in [1.54, 1.807) is 7.11 Å². The Morgan fingerprint density at radius 3 is 2.58 bits per heavy atom. The molecule has 0 saturated heterocycles. The molecule has 5 nitrogen and oxygen atoms in total. The molecule has 1 aliphatic rings. The van der Waals surface area contributed by atoms with Gasteiger partial charge in [-0.2, -0.15) is 0 Å². The van der Waals surface area contributed by atoms with Gasteiger partial charge in [-0.3, -0.25) is 4.79 Å². The Balaban J connectivity index is 1.70. The molecule has 4 N–H and O–H groups in total. The number of nitrogens with one attached hydrogen (secondary N) is 1. The summed E-state index contributed by atoms with van der Waals surface area (Å²) in [7, 11) is 1.63. The molecule has 0 spiro atoms. The summed E-state index contributed by atoms with van der Waals surface area (Å²) >= 11 is 0. The lowest BCUT2D eigenvalue weighted by Gasteiger charge is -2.26. The van der Waals surface area contributed by atoms with Crippen molar-refractivity contribution < 1.29 is 14.6 Å². The Morgan fingerprint density at radius 2 is 1.96 bits per heavy atom. The molecule has 2 unspecified atom stereocenters. The topological polar surface area (TPSA) is 84.6 Å². The largest absolute Gasteiger partial charge is 0.497 e. The number of hydrogen-bond donors (Lipinski definition) is 3. The van der Waals surface area contributed by atoms with Crippen molar-refractivity contribution in [3.63, 3.8) is 0 Å². The van der Waals surface area contributed by atoms with Crippen LogP contribution in [0.25, 0.3) is 0 Å². The fourth-order valence-corrected chi connectivity index (χ4v) is 3.36. The van der Waals surface area contributed by atoms with E-state index in [1.807, 2.05) is 24.3 Å².